The van der Waals surface area contributed by atoms with Crippen LogP contribution in [-0.4, -0.2) is 69.3 Å². The fourth-order valence-electron chi connectivity index (χ4n) is 6.61. The molecular formula is C37H37BrF2N8O2. The van der Waals surface area contributed by atoms with Gasteiger partial charge in [-0.15, -0.1) is 0 Å². The number of carbonyl (C=O) groups excluding carboxylic acids is 2. The molecular weight excluding hydrogens is 706 g/mol. The van der Waals surface area contributed by atoms with E-state index in [0.29, 0.717) is 37.0 Å². The first-order valence-corrected chi connectivity index (χ1v) is 17.6. The molecule has 5 aromatic rings. The zero-order chi connectivity index (χ0) is 34.6. The molecule has 7 rings (SSSR count). The minimum absolute atomic E-state index is 0.0963. The lowest BCUT2D eigenvalue weighted by atomic mass is 9.91. The minimum Gasteiger partial charge on any atom is -0.349 e. The van der Waals surface area contributed by atoms with Gasteiger partial charge in [0.25, 0.3) is 11.8 Å². The second kappa shape index (κ2) is 15.0. The van der Waals surface area contributed by atoms with Crippen molar-refractivity contribution in [2.75, 3.05) is 31.5 Å². The first-order chi connectivity index (χ1) is 24.3. The van der Waals surface area contributed by atoms with Gasteiger partial charge in [0.05, 0.1) is 11.8 Å². The number of rotatable bonds is 9. The van der Waals surface area contributed by atoms with Crippen LogP contribution < -0.4 is 21.3 Å². The number of imidazole rings is 1. The quantitative estimate of drug-likeness (QED) is 0.145. The van der Waals surface area contributed by atoms with E-state index in [9.17, 15) is 18.4 Å². The summed E-state index contributed by atoms with van der Waals surface area (Å²) in [6, 6.07) is 18.0. The van der Waals surface area contributed by atoms with E-state index in [4.69, 9.17) is 0 Å². The van der Waals surface area contributed by atoms with Crippen LogP contribution >= 0.6 is 15.9 Å². The lowest BCUT2D eigenvalue weighted by Gasteiger charge is -2.29. The zero-order valence-electron chi connectivity index (χ0n) is 27.3. The molecule has 2 aromatic carbocycles. The van der Waals surface area contributed by atoms with E-state index in [1.807, 2.05) is 24.3 Å². The van der Waals surface area contributed by atoms with Crippen LogP contribution in [0.15, 0.2) is 83.7 Å². The summed E-state index contributed by atoms with van der Waals surface area (Å²) in [7, 11) is 0. The second-order valence-electron chi connectivity index (χ2n) is 12.8. The normalized spacial score (nSPS) is 18.1. The fraction of sp³-hybridized carbons (Fsp3) is 0.297. The summed E-state index contributed by atoms with van der Waals surface area (Å²) in [6.07, 6.45) is 6.40. The van der Waals surface area contributed by atoms with Crippen molar-refractivity contribution in [3.05, 3.63) is 112 Å². The summed E-state index contributed by atoms with van der Waals surface area (Å²) in [4.78, 5) is 37.2. The van der Waals surface area contributed by atoms with Crippen molar-refractivity contribution in [2.24, 2.45) is 0 Å². The number of piperazine rings is 1. The molecule has 258 valence electrons. The summed E-state index contributed by atoms with van der Waals surface area (Å²) in [5, 5.41) is 12.7. The summed E-state index contributed by atoms with van der Waals surface area (Å²) >= 11 is 3.77. The number of hydrogen-bond donors (Lipinski definition) is 4. The third kappa shape index (κ3) is 8.01. The number of benzene rings is 2. The third-order valence-electron chi connectivity index (χ3n) is 9.23. The molecule has 0 radical (unpaired) electrons. The van der Waals surface area contributed by atoms with Crippen LogP contribution in [0.1, 0.15) is 52.1 Å². The lowest BCUT2D eigenvalue weighted by molar-refractivity contribution is 0.0889. The number of nitrogens with one attached hydrogen (secondary N) is 4. The monoisotopic (exact) mass is 742 g/mol. The van der Waals surface area contributed by atoms with Gasteiger partial charge in [-0.3, -0.25) is 14.5 Å². The SMILES string of the molecule is O=C(NC1CCC(NC(=O)c2cc(F)cnc2Nc2cccc(-c3ccc(CN4CCNCC4)cc3Br)c2)CC1)c1cn2cc(F)ccc2n1. The Hall–Kier alpha value is -4.72. The highest BCUT2D eigenvalue weighted by Crippen LogP contribution is 2.32. The Balaban J connectivity index is 0.967. The van der Waals surface area contributed by atoms with Crippen LogP contribution in [0.4, 0.5) is 20.3 Å². The molecule has 2 amide bonds. The van der Waals surface area contributed by atoms with E-state index >= 15 is 0 Å². The van der Waals surface area contributed by atoms with Gasteiger partial charge in [0.1, 0.15) is 28.8 Å². The lowest BCUT2D eigenvalue weighted by Crippen LogP contribution is -2.44. The van der Waals surface area contributed by atoms with Gasteiger partial charge in [-0.2, -0.15) is 0 Å². The van der Waals surface area contributed by atoms with Crippen LogP contribution in [0.3, 0.4) is 0 Å². The maximum absolute atomic E-state index is 14.4. The predicted octanol–water partition coefficient (Wildman–Crippen LogP) is 6.06. The largest absolute Gasteiger partial charge is 0.349 e. The maximum atomic E-state index is 14.4. The van der Waals surface area contributed by atoms with Gasteiger partial charge in [0, 0.05) is 67.4 Å². The van der Waals surface area contributed by atoms with E-state index in [1.165, 1.54) is 40.6 Å². The van der Waals surface area contributed by atoms with Crippen LogP contribution in [-0.2, 0) is 6.54 Å². The number of nitrogens with zero attached hydrogens (tertiary/aromatic N) is 4. The Morgan fingerprint density at radius 3 is 2.40 bits per heavy atom. The first kappa shape index (κ1) is 33.8. The van der Waals surface area contributed by atoms with E-state index < -0.39 is 17.5 Å². The van der Waals surface area contributed by atoms with E-state index in [1.54, 1.807) is 0 Å². The average Bonchev–Trinajstić information content (AvgIpc) is 3.54. The van der Waals surface area contributed by atoms with Crippen molar-refractivity contribution in [1.82, 2.24) is 35.2 Å². The van der Waals surface area contributed by atoms with Crippen LogP contribution in [0.2, 0.25) is 0 Å². The smallest absolute Gasteiger partial charge is 0.271 e. The Morgan fingerprint density at radius 1 is 0.880 bits per heavy atom. The number of halogens is 3. The van der Waals surface area contributed by atoms with Crippen LogP contribution in [0.25, 0.3) is 16.8 Å². The van der Waals surface area contributed by atoms with Gasteiger partial charge in [-0.25, -0.2) is 18.7 Å². The highest BCUT2D eigenvalue weighted by Gasteiger charge is 2.26. The van der Waals surface area contributed by atoms with E-state index in [-0.39, 0.29) is 35.1 Å². The molecule has 2 aliphatic rings. The molecule has 1 saturated heterocycles. The van der Waals surface area contributed by atoms with Crippen molar-refractivity contribution in [3.8, 4) is 11.1 Å². The van der Waals surface area contributed by atoms with Gasteiger partial charge < -0.3 is 25.7 Å². The van der Waals surface area contributed by atoms with Crippen molar-refractivity contribution >= 4 is 44.9 Å². The van der Waals surface area contributed by atoms with Crippen molar-refractivity contribution in [2.45, 2.75) is 44.3 Å². The molecule has 1 saturated carbocycles. The molecule has 0 unspecified atom stereocenters. The molecule has 4 N–H and O–H groups in total. The summed E-state index contributed by atoms with van der Waals surface area (Å²) in [5.41, 5.74) is 4.75. The third-order valence-corrected chi connectivity index (χ3v) is 9.89. The topological polar surface area (TPSA) is 116 Å². The summed E-state index contributed by atoms with van der Waals surface area (Å²) < 4.78 is 30.4. The molecule has 0 atom stereocenters. The molecule has 4 heterocycles. The van der Waals surface area contributed by atoms with Crippen molar-refractivity contribution in [1.29, 1.82) is 0 Å². The maximum Gasteiger partial charge on any atom is 0.271 e. The second-order valence-corrected chi connectivity index (χ2v) is 13.7. The Morgan fingerprint density at radius 2 is 1.64 bits per heavy atom. The minimum atomic E-state index is -0.611. The van der Waals surface area contributed by atoms with E-state index in [2.05, 4.69) is 70.3 Å². The van der Waals surface area contributed by atoms with Gasteiger partial charge in [0.2, 0.25) is 0 Å². The molecule has 1 aliphatic carbocycles. The fourth-order valence-corrected chi connectivity index (χ4v) is 7.27. The van der Waals surface area contributed by atoms with Gasteiger partial charge >= 0.3 is 0 Å². The van der Waals surface area contributed by atoms with E-state index in [0.717, 1.165) is 54.5 Å². The molecule has 0 bridgehead atoms. The van der Waals surface area contributed by atoms with Gasteiger partial charge in [-0.05, 0) is 78.8 Å². The number of fused-ring (bicyclic) bond motifs is 1. The summed E-state index contributed by atoms with van der Waals surface area (Å²) in [5.74, 6) is -1.54. The molecule has 2 fully saturated rings. The number of amides is 2. The molecule has 13 heteroatoms. The number of pyridine rings is 2. The molecule has 50 heavy (non-hydrogen) atoms. The number of aromatic nitrogens is 3. The Bertz CT molecular complexity index is 2020. The van der Waals surface area contributed by atoms with Crippen LogP contribution in [0.5, 0.6) is 0 Å². The molecule has 1 aliphatic heterocycles. The van der Waals surface area contributed by atoms with Crippen molar-refractivity contribution < 1.29 is 18.4 Å². The standard InChI is InChI=1S/C37H37BrF2N8O2/c38-32-16-23(20-47-14-12-41-13-15-47)4-10-30(32)24-2-1-3-29(17-24)43-35-31(18-26(40)19-42-35)36(49)44-27-6-8-28(9-7-27)45-37(50)33-22-48-21-25(39)5-11-34(48)46-33/h1-5,10-11,16-19,21-22,27-28,41H,6-9,12-15,20H2,(H,42,43)(H,44,49)(H,45,50). The average molecular weight is 744 g/mol. The predicted molar refractivity (Wildman–Crippen MR) is 191 cm³/mol. The number of hydrogen-bond acceptors (Lipinski definition) is 7. The first-order valence-electron chi connectivity index (χ1n) is 16.8. The summed E-state index contributed by atoms with van der Waals surface area (Å²) in [6.45, 7) is 4.97. The molecule has 0 spiro atoms. The van der Waals surface area contributed by atoms with Crippen LogP contribution in [0, 0.1) is 11.6 Å². The molecule has 10 nitrogen and oxygen atoms in total. The number of anilines is 2. The zero-order valence-corrected chi connectivity index (χ0v) is 28.8. The van der Waals surface area contributed by atoms with Gasteiger partial charge in [0.15, 0.2) is 0 Å². The van der Waals surface area contributed by atoms with Crippen molar-refractivity contribution in [3.63, 3.8) is 0 Å². The Kier molecular flexibility index (Phi) is 10.2. The number of carbonyl (C=O) groups is 2. The Labute approximate surface area is 296 Å². The highest BCUT2D eigenvalue weighted by atomic mass is 79.9. The van der Waals surface area contributed by atoms with Gasteiger partial charge in [-0.1, -0.05) is 40.2 Å². The molecule has 3 aromatic heterocycles. The highest BCUT2D eigenvalue weighted by molar-refractivity contribution is 9.10.